The van der Waals surface area contributed by atoms with Crippen molar-refractivity contribution < 1.29 is 4.79 Å². The summed E-state index contributed by atoms with van der Waals surface area (Å²) >= 11 is 0. The van der Waals surface area contributed by atoms with Crippen LogP contribution in [0.3, 0.4) is 0 Å². The third-order valence-corrected chi connectivity index (χ3v) is 3.82. The zero-order valence-corrected chi connectivity index (χ0v) is 13.1. The van der Waals surface area contributed by atoms with Crippen LogP contribution in [0.5, 0.6) is 0 Å². The van der Waals surface area contributed by atoms with Crippen LogP contribution in [0.15, 0.2) is 18.2 Å². The van der Waals surface area contributed by atoms with Gasteiger partial charge in [0, 0.05) is 5.56 Å². The fourth-order valence-electron chi connectivity index (χ4n) is 2.81. The standard InChI is InChI=1S/C18H28O/c1-6-8-15(9-7-2)16-10-11-17(14(5)19)18(12-16)13(3)4/h10-13,15H,6-9H2,1-5H3. The SMILES string of the molecule is CCCC(CCC)c1ccc(C(C)=O)c(C(C)C)c1. The molecule has 0 aliphatic carbocycles. The van der Waals surface area contributed by atoms with E-state index < -0.39 is 0 Å². The van der Waals surface area contributed by atoms with E-state index in [2.05, 4.69) is 39.8 Å². The molecule has 0 atom stereocenters. The quantitative estimate of drug-likeness (QED) is 0.575. The molecule has 0 heterocycles. The van der Waals surface area contributed by atoms with Crippen LogP contribution in [0.2, 0.25) is 0 Å². The van der Waals surface area contributed by atoms with Gasteiger partial charge in [-0.1, -0.05) is 58.7 Å². The van der Waals surface area contributed by atoms with E-state index in [9.17, 15) is 4.79 Å². The fourth-order valence-corrected chi connectivity index (χ4v) is 2.81. The van der Waals surface area contributed by atoms with Gasteiger partial charge in [-0.2, -0.15) is 0 Å². The Kier molecular flexibility index (Phi) is 6.27. The Morgan fingerprint density at radius 1 is 1.11 bits per heavy atom. The molecule has 19 heavy (non-hydrogen) atoms. The highest BCUT2D eigenvalue weighted by Gasteiger charge is 2.15. The third-order valence-electron chi connectivity index (χ3n) is 3.82. The van der Waals surface area contributed by atoms with Crippen LogP contribution < -0.4 is 0 Å². The number of hydrogen-bond donors (Lipinski definition) is 0. The summed E-state index contributed by atoms with van der Waals surface area (Å²) in [4.78, 5) is 11.7. The van der Waals surface area contributed by atoms with E-state index in [4.69, 9.17) is 0 Å². The van der Waals surface area contributed by atoms with Gasteiger partial charge in [-0.15, -0.1) is 0 Å². The molecular formula is C18H28O. The molecule has 0 aliphatic rings. The maximum atomic E-state index is 11.7. The molecule has 1 aromatic rings. The van der Waals surface area contributed by atoms with Gasteiger partial charge < -0.3 is 0 Å². The van der Waals surface area contributed by atoms with E-state index in [1.807, 2.05) is 6.07 Å². The monoisotopic (exact) mass is 260 g/mol. The van der Waals surface area contributed by atoms with Gasteiger partial charge in [0.05, 0.1) is 0 Å². The fraction of sp³-hybridized carbons (Fsp3) is 0.611. The van der Waals surface area contributed by atoms with E-state index in [0.717, 1.165) is 5.56 Å². The summed E-state index contributed by atoms with van der Waals surface area (Å²) in [6, 6.07) is 6.47. The first-order valence-electron chi connectivity index (χ1n) is 7.65. The molecule has 0 saturated carbocycles. The average Bonchev–Trinajstić information content (AvgIpc) is 2.37. The Morgan fingerprint density at radius 3 is 2.11 bits per heavy atom. The molecule has 1 heteroatoms. The van der Waals surface area contributed by atoms with Crippen LogP contribution in [0.4, 0.5) is 0 Å². The zero-order chi connectivity index (χ0) is 14.4. The van der Waals surface area contributed by atoms with Crippen molar-refractivity contribution in [1.82, 2.24) is 0 Å². The number of Topliss-reactive ketones (excluding diaryl/α,β-unsaturated/α-hetero) is 1. The van der Waals surface area contributed by atoms with Crippen molar-refractivity contribution in [3.8, 4) is 0 Å². The van der Waals surface area contributed by atoms with Gasteiger partial charge in [-0.05, 0) is 42.7 Å². The normalized spacial score (nSPS) is 11.3. The van der Waals surface area contributed by atoms with E-state index >= 15 is 0 Å². The summed E-state index contributed by atoms with van der Waals surface area (Å²) in [7, 11) is 0. The molecule has 0 aromatic heterocycles. The molecule has 0 fully saturated rings. The number of ketones is 1. The van der Waals surface area contributed by atoms with Crippen LogP contribution in [0.25, 0.3) is 0 Å². The second-order valence-electron chi connectivity index (χ2n) is 5.83. The molecule has 0 aliphatic heterocycles. The first-order chi connectivity index (χ1) is 9.01. The number of rotatable bonds is 7. The second kappa shape index (κ2) is 7.47. The molecule has 0 N–H and O–H groups in total. The van der Waals surface area contributed by atoms with Crippen molar-refractivity contribution in [1.29, 1.82) is 0 Å². The van der Waals surface area contributed by atoms with E-state index in [0.29, 0.717) is 11.8 Å². The van der Waals surface area contributed by atoms with Crippen LogP contribution in [0.1, 0.15) is 93.6 Å². The molecule has 0 bridgehead atoms. The minimum atomic E-state index is 0.179. The van der Waals surface area contributed by atoms with Gasteiger partial charge in [-0.3, -0.25) is 4.79 Å². The van der Waals surface area contributed by atoms with Crippen molar-refractivity contribution in [2.24, 2.45) is 0 Å². The largest absolute Gasteiger partial charge is 0.295 e. The highest BCUT2D eigenvalue weighted by atomic mass is 16.1. The molecular weight excluding hydrogens is 232 g/mol. The summed E-state index contributed by atoms with van der Waals surface area (Å²) in [5, 5.41) is 0. The van der Waals surface area contributed by atoms with Crippen molar-refractivity contribution >= 4 is 5.78 Å². The highest BCUT2D eigenvalue weighted by molar-refractivity contribution is 5.95. The van der Waals surface area contributed by atoms with Gasteiger partial charge in [-0.25, -0.2) is 0 Å². The van der Waals surface area contributed by atoms with Crippen LogP contribution >= 0.6 is 0 Å². The minimum absolute atomic E-state index is 0.179. The molecule has 1 aromatic carbocycles. The summed E-state index contributed by atoms with van der Waals surface area (Å²) in [5.41, 5.74) is 3.52. The summed E-state index contributed by atoms with van der Waals surface area (Å²) < 4.78 is 0. The van der Waals surface area contributed by atoms with Crippen molar-refractivity contribution in [3.63, 3.8) is 0 Å². The van der Waals surface area contributed by atoms with Crippen LogP contribution in [0, 0.1) is 0 Å². The van der Waals surface area contributed by atoms with E-state index in [1.54, 1.807) is 6.92 Å². The average molecular weight is 260 g/mol. The molecule has 1 rings (SSSR count). The lowest BCUT2D eigenvalue weighted by molar-refractivity contribution is 0.101. The number of benzene rings is 1. The first-order valence-corrected chi connectivity index (χ1v) is 7.65. The molecule has 0 spiro atoms. The Morgan fingerprint density at radius 2 is 1.68 bits per heavy atom. The summed E-state index contributed by atoms with van der Waals surface area (Å²) in [6.07, 6.45) is 4.92. The van der Waals surface area contributed by atoms with Crippen molar-refractivity contribution in [2.75, 3.05) is 0 Å². The molecule has 0 radical (unpaired) electrons. The Labute approximate surface area is 118 Å². The highest BCUT2D eigenvalue weighted by Crippen LogP contribution is 2.30. The smallest absolute Gasteiger partial charge is 0.160 e. The van der Waals surface area contributed by atoms with Gasteiger partial charge in [0.1, 0.15) is 0 Å². The lowest BCUT2D eigenvalue weighted by atomic mass is 9.85. The summed E-state index contributed by atoms with van der Waals surface area (Å²) in [5.74, 6) is 1.23. The predicted molar refractivity (Wildman–Crippen MR) is 83.1 cm³/mol. The number of hydrogen-bond acceptors (Lipinski definition) is 1. The van der Waals surface area contributed by atoms with Gasteiger partial charge >= 0.3 is 0 Å². The van der Waals surface area contributed by atoms with E-state index in [1.165, 1.54) is 36.8 Å². The number of carbonyl (C=O) groups excluding carboxylic acids is 1. The first kappa shape index (κ1) is 15.9. The number of carbonyl (C=O) groups is 1. The third kappa shape index (κ3) is 4.19. The molecule has 106 valence electrons. The second-order valence-corrected chi connectivity index (χ2v) is 5.83. The molecule has 0 unspecified atom stereocenters. The van der Waals surface area contributed by atoms with Gasteiger partial charge in [0.15, 0.2) is 5.78 Å². The maximum Gasteiger partial charge on any atom is 0.160 e. The lowest BCUT2D eigenvalue weighted by Crippen LogP contribution is -2.05. The van der Waals surface area contributed by atoms with Crippen LogP contribution in [-0.2, 0) is 0 Å². The van der Waals surface area contributed by atoms with Gasteiger partial charge in [0.2, 0.25) is 0 Å². The molecule has 0 saturated heterocycles. The predicted octanol–water partition coefficient (Wildman–Crippen LogP) is 5.70. The Hall–Kier alpha value is -1.11. The zero-order valence-electron chi connectivity index (χ0n) is 13.1. The van der Waals surface area contributed by atoms with Crippen molar-refractivity contribution in [3.05, 3.63) is 34.9 Å². The Bertz CT molecular complexity index is 412. The lowest BCUT2D eigenvalue weighted by Gasteiger charge is -2.19. The summed E-state index contributed by atoms with van der Waals surface area (Å²) in [6.45, 7) is 10.5. The minimum Gasteiger partial charge on any atom is -0.295 e. The van der Waals surface area contributed by atoms with Crippen LogP contribution in [-0.4, -0.2) is 5.78 Å². The molecule has 0 amide bonds. The van der Waals surface area contributed by atoms with Crippen molar-refractivity contribution in [2.45, 2.75) is 72.1 Å². The Balaban J connectivity index is 3.15. The topological polar surface area (TPSA) is 17.1 Å². The molecule has 1 nitrogen and oxygen atoms in total. The maximum absolute atomic E-state index is 11.7. The van der Waals surface area contributed by atoms with E-state index in [-0.39, 0.29) is 5.78 Å². The van der Waals surface area contributed by atoms with Gasteiger partial charge in [0.25, 0.3) is 0 Å².